The SMILES string of the molecule is CC(N)CC(=O)Nc1ccc(C2CCCCC2)cc1. The quantitative estimate of drug-likeness (QED) is 0.871. The van der Waals surface area contributed by atoms with Crippen LogP contribution in [0.1, 0.15) is 56.9 Å². The van der Waals surface area contributed by atoms with Crippen molar-refractivity contribution < 1.29 is 4.79 Å². The van der Waals surface area contributed by atoms with Crippen LogP contribution in [0, 0.1) is 0 Å². The molecule has 2 rings (SSSR count). The van der Waals surface area contributed by atoms with Crippen LogP contribution in [0.15, 0.2) is 24.3 Å². The second kappa shape index (κ2) is 6.71. The minimum atomic E-state index is -0.0958. The molecule has 3 nitrogen and oxygen atoms in total. The molecule has 1 aliphatic rings. The fourth-order valence-corrected chi connectivity index (χ4v) is 2.78. The smallest absolute Gasteiger partial charge is 0.225 e. The molecule has 0 heterocycles. The Balaban J connectivity index is 1.92. The summed E-state index contributed by atoms with van der Waals surface area (Å²) in [4.78, 5) is 11.6. The standard InChI is InChI=1S/C16H24N2O/c1-12(17)11-16(19)18-15-9-7-14(8-10-15)13-5-3-2-4-6-13/h7-10,12-13H,2-6,11,17H2,1H3,(H,18,19). The summed E-state index contributed by atoms with van der Waals surface area (Å²) in [7, 11) is 0. The number of hydrogen-bond acceptors (Lipinski definition) is 2. The minimum Gasteiger partial charge on any atom is -0.327 e. The minimum absolute atomic E-state index is 0.0135. The summed E-state index contributed by atoms with van der Waals surface area (Å²) in [6, 6.07) is 8.21. The van der Waals surface area contributed by atoms with E-state index in [4.69, 9.17) is 5.73 Å². The Morgan fingerprint density at radius 2 is 1.89 bits per heavy atom. The van der Waals surface area contributed by atoms with Crippen LogP contribution in [0.4, 0.5) is 5.69 Å². The molecule has 0 aromatic heterocycles. The van der Waals surface area contributed by atoms with E-state index in [9.17, 15) is 4.79 Å². The van der Waals surface area contributed by atoms with E-state index in [-0.39, 0.29) is 11.9 Å². The molecule has 0 bridgehead atoms. The van der Waals surface area contributed by atoms with Gasteiger partial charge in [-0.15, -0.1) is 0 Å². The lowest BCUT2D eigenvalue weighted by Crippen LogP contribution is -2.23. The predicted octanol–water partition coefficient (Wildman–Crippen LogP) is 3.41. The maximum absolute atomic E-state index is 11.6. The van der Waals surface area contributed by atoms with Crippen molar-refractivity contribution in [1.82, 2.24) is 0 Å². The molecule has 3 N–H and O–H groups in total. The first-order valence-electron chi connectivity index (χ1n) is 7.30. The number of nitrogens with two attached hydrogens (primary N) is 1. The van der Waals surface area contributed by atoms with Gasteiger partial charge in [0.15, 0.2) is 0 Å². The zero-order valence-corrected chi connectivity index (χ0v) is 11.7. The first-order valence-corrected chi connectivity index (χ1v) is 7.30. The zero-order valence-electron chi connectivity index (χ0n) is 11.7. The lowest BCUT2D eigenvalue weighted by molar-refractivity contribution is -0.116. The van der Waals surface area contributed by atoms with Crippen LogP contribution in [0.3, 0.4) is 0 Å². The van der Waals surface area contributed by atoms with Crippen molar-refractivity contribution in [2.45, 2.75) is 57.4 Å². The maximum atomic E-state index is 11.6. The highest BCUT2D eigenvalue weighted by molar-refractivity contribution is 5.91. The van der Waals surface area contributed by atoms with E-state index in [1.54, 1.807) is 0 Å². The van der Waals surface area contributed by atoms with Crippen LogP contribution in [-0.2, 0) is 4.79 Å². The Morgan fingerprint density at radius 3 is 2.47 bits per heavy atom. The molecule has 0 radical (unpaired) electrons. The molecule has 0 spiro atoms. The lowest BCUT2D eigenvalue weighted by atomic mass is 9.84. The number of carbonyl (C=O) groups is 1. The van der Waals surface area contributed by atoms with Crippen molar-refractivity contribution >= 4 is 11.6 Å². The zero-order chi connectivity index (χ0) is 13.7. The number of benzene rings is 1. The average Bonchev–Trinajstić information content (AvgIpc) is 2.39. The predicted molar refractivity (Wildman–Crippen MR) is 79.2 cm³/mol. The summed E-state index contributed by atoms with van der Waals surface area (Å²) in [5, 5.41) is 2.88. The summed E-state index contributed by atoms with van der Waals surface area (Å²) in [5.41, 5.74) is 7.88. The van der Waals surface area contributed by atoms with Crippen molar-refractivity contribution in [2.24, 2.45) is 5.73 Å². The molecule has 104 valence electrons. The summed E-state index contributed by atoms with van der Waals surface area (Å²) in [6.45, 7) is 1.84. The highest BCUT2D eigenvalue weighted by Crippen LogP contribution is 2.32. The van der Waals surface area contributed by atoms with Gasteiger partial charge in [0, 0.05) is 18.2 Å². The molecular formula is C16H24N2O. The van der Waals surface area contributed by atoms with Crippen molar-refractivity contribution in [1.29, 1.82) is 0 Å². The number of rotatable bonds is 4. The Kier molecular flexibility index (Phi) is 4.97. The Hall–Kier alpha value is -1.35. The molecule has 19 heavy (non-hydrogen) atoms. The third kappa shape index (κ3) is 4.35. The van der Waals surface area contributed by atoms with Gasteiger partial charge in [-0.3, -0.25) is 4.79 Å². The fraction of sp³-hybridized carbons (Fsp3) is 0.562. The van der Waals surface area contributed by atoms with Crippen molar-refractivity contribution in [2.75, 3.05) is 5.32 Å². The van der Waals surface area contributed by atoms with E-state index < -0.39 is 0 Å². The molecule has 3 heteroatoms. The van der Waals surface area contributed by atoms with Crippen LogP contribution >= 0.6 is 0 Å². The van der Waals surface area contributed by atoms with E-state index in [2.05, 4.69) is 17.4 Å². The summed E-state index contributed by atoms with van der Waals surface area (Å²) in [6.07, 6.45) is 7.04. The summed E-state index contributed by atoms with van der Waals surface area (Å²) in [5.74, 6) is 0.697. The van der Waals surface area contributed by atoms with Gasteiger partial charge in [-0.05, 0) is 43.4 Å². The number of nitrogens with one attached hydrogen (secondary N) is 1. The van der Waals surface area contributed by atoms with E-state index in [1.807, 2.05) is 19.1 Å². The van der Waals surface area contributed by atoms with Crippen LogP contribution < -0.4 is 11.1 Å². The van der Waals surface area contributed by atoms with E-state index in [0.717, 1.165) is 5.69 Å². The lowest BCUT2D eigenvalue weighted by Gasteiger charge is -2.22. The molecule has 1 unspecified atom stereocenters. The summed E-state index contributed by atoms with van der Waals surface area (Å²) >= 11 is 0. The van der Waals surface area contributed by atoms with Gasteiger partial charge in [-0.1, -0.05) is 31.4 Å². The molecule has 1 atom stereocenters. The Morgan fingerprint density at radius 1 is 1.26 bits per heavy atom. The van der Waals surface area contributed by atoms with Crippen LogP contribution in [-0.4, -0.2) is 11.9 Å². The fourth-order valence-electron chi connectivity index (χ4n) is 2.78. The molecule has 1 aromatic carbocycles. The van der Waals surface area contributed by atoms with Gasteiger partial charge in [0.25, 0.3) is 0 Å². The van der Waals surface area contributed by atoms with E-state index in [0.29, 0.717) is 12.3 Å². The molecule has 0 saturated heterocycles. The van der Waals surface area contributed by atoms with Gasteiger partial charge < -0.3 is 11.1 Å². The van der Waals surface area contributed by atoms with Gasteiger partial charge in [0.2, 0.25) is 5.91 Å². The second-order valence-corrected chi connectivity index (χ2v) is 5.69. The van der Waals surface area contributed by atoms with E-state index in [1.165, 1.54) is 37.7 Å². The Bertz CT molecular complexity index is 405. The number of anilines is 1. The molecule has 1 saturated carbocycles. The van der Waals surface area contributed by atoms with Gasteiger partial charge in [-0.25, -0.2) is 0 Å². The molecule has 1 aliphatic carbocycles. The molecule has 1 aromatic rings. The first kappa shape index (κ1) is 14.1. The highest BCUT2D eigenvalue weighted by Gasteiger charge is 2.15. The maximum Gasteiger partial charge on any atom is 0.225 e. The van der Waals surface area contributed by atoms with Gasteiger partial charge in [0.1, 0.15) is 0 Å². The highest BCUT2D eigenvalue weighted by atomic mass is 16.1. The number of amides is 1. The molecular weight excluding hydrogens is 236 g/mol. The van der Waals surface area contributed by atoms with Crippen LogP contribution in [0.5, 0.6) is 0 Å². The van der Waals surface area contributed by atoms with Gasteiger partial charge in [0.05, 0.1) is 0 Å². The number of carbonyl (C=O) groups excluding carboxylic acids is 1. The summed E-state index contributed by atoms with van der Waals surface area (Å²) < 4.78 is 0. The monoisotopic (exact) mass is 260 g/mol. The normalized spacial score (nSPS) is 18.0. The third-order valence-electron chi connectivity index (χ3n) is 3.78. The van der Waals surface area contributed by atoms with Crippen molar-refractivity contribution in [3.8, 4) is 0 Å². The largest absolute Gasteiger partial charge is 0.327 e. The average molecular weight is 260 g/mol. The molecule has 1 fully saturated rings. The third-order valence-corrected chi connectivity index (χ3v) is 3.78. The topological polar surface area (TPSA) is 55.1 Å². The van der Waals surface area contributed by atoms with Gasteiger partial charge >= 0.3 is 0 Å². The number of hydrogen-bond donors (Lipinski definition) is 2. The van der Waals surface area contributed by atoms with E-state index >= 15 is 0 Å². The van der Waals surface area contributed by atoms with Crippen LogP contribution in [0.25, 0.3) is 0 Å². The van der Waals surface area contributed by atoms with Crippen molar-refractivity contribution in [3.63, 3.8) is 0 Å². The van der Waals surface area contributed by atoms with Crippen molar-refractivity contribution in [3.05, 3.63) is 29.8 Å². The first-order chi connectivity index (χ1) is 9.15. The molecule has 0 aliphatic heterocycles. The Labute approximate surface area is 115 Å². The second-order valence-electron chi connectivity index (χ2n) is 5.69. The van der Waals surface area contributed by atoms with Gasteiger partial charge in [-0.2, -0.15) is 0 Å². The molecule has 1 amide bonds. The van der Waals surface area contributed by atoms with Crippen LogP contribution in [0.2, 0.25) is 0 Å².